The van der Waals surface area contributed by atoms with Crippen LogP contribution in [0.4, 0.5) is 11.8 Å². The fraction of sp³-hybridized carbons (Fsp3) is 0.500. The minimum atomic E-state index is 0.189. The lowest BCUT2D eigenvalue weighted by Crippen LogP contribution is -2.12. The molecular formula is C8H14ClN5O. The van der Waals surface area contributed by atoms with Crippen molar-refractivity contribution < 1.29 is 5.11 Å². The van der Waals surface area contributed by atoms with Crippen LogP contribution in [0, 0.1) is 0 Å². The van der Waals surface area contributed by atoms with E-state index in [1.165, 1.54) is 6.20 Å². The van der Waals surface area contributed by atoms with Crippen molar-refractivity contribution in [2.24, 2.45) is 5.84 Å². The van der Waals surface area contributed by atoms with Crippen LogP contribution in [0.3, 0.4) is 0 Å². The Morgan fingerprint density at radius 2 is 2.27 bits per heavy atom. The number of nitrogens with zero attached hydrogens (tertiary/aromatic N) is 2. The molecule has 5 N–H and O–H groups in total. The van der Waals surface area contributed by atoms with Crippen molar-refractivity contribution in [2.45, 2.75) is 12.8 Å². The normalized spacial score (nSPS) is 10.1. The Balaban J connectivity index is 2.51. The quantitative estimate of drug-likeness (QED) is 0.325. The molecule has 1 rings (SSSR count). The Labute approximate surface area is 92.8 Å². The van der Waals surface area contributed by atoms with Crippen molar-refractivity contribution >= 4 is 23.4 Å². The van der Waals surface area contributed by atoms with E-state index >= 15 is 0 Å². The van der Waals surface area contributed by atoms with Crippen LogP contribution in [-0.2, 0) is 0 Å². The number of nitrogens with two attached hydrogens (primary N) is 1. The predicted molar refractivity (Wildman–Crippen MR) is 59.7 cm³/mol. The summed E-state index contributed by atoms with van der Waals surface area (Å²) in [6.45, 7) is 0.885. The molecule has 0 aliphatic heterocycles. The van der Waals surface area contributed by atoms with Gasteiger partial charge in [-0.05, 0) is 12.8 Å². The number of anilines is 2. The van der Waals surface area contributed by atoms with E-state index in [4.69, 9.17) is 22.6 Å². The Hall–Kier alpha value is -1.11. The number of nitrogens with one attached hydrogen (secondary N) is 2. The maximum absolute atomic E-state index is 8.59. The molecule has 0 radical (unpaired) electrons. The minimum absolute atomic E-state index is 0.189. The van der Waals surface area contributed by atoms with Crippen molar-refractivity contribution in [2.75, 3.05) is 23.9 Å². The standard InChI is InChI=1S/C8H14ClN5O/c9-6-5-12-8(14-10)13-7(6)11-3-1-2-4-15/h5,15H,1-4,10H2,(H2,11,12,13,14). The lowest BCUT2D eigenvalue weighted by molar-refractivity contribution is 0.286. The van der Waals surface area contributed by atoms with E-state index in [9.17, 15) is 0 Å². The third-order valence-corrected chi connectivity index (χ3v) is 2.03. The molecule has 6 nitrogen and oxygen atoms in total. The molecule has 0 aromatic carbocycles. The first kappa shape index (κ1) is 12.0. The zero-order valence-corrected chi connectivity index (χ0v) is 8.96. The molecule has 0 spiro atoms. The van der Waals surface area contributed by atoms with Gasteiger partial charge in [-0.15, -0.1) is 0 Å². The summed E-state index contributed by atoms with van der Waals surface area (Å²) in [6, 6.07) is 0. The number of hydrogen-bond donors (Lipinski definition) is 4. The largest absolute Gasteiger partial charge is 0.396 e. The summed E-state index contributed by atoms with van der Waals surface area (Å²) < 4.78 is 0. The van der Waals surface area contributed by atoms with Crippen molar-refractivity contribution in [3.05, 3.63) is 11.2 Å². The summed E-state index contributed by atoms with van der Waals surface area (Å²) in [7, 11) is 0. The fourth-order valence-electron chi connectivity index (χ4n) is 1.00. The van der Waals surface area contributed by atoms with Gasteiger partial charge in [0.15, 0.2) is 5.82 Å². The second-order valence-corrected chi connectivity index (χ2v) is 3.30. The maximum Gasteiger partial charge on any atom is 0.239 e. The number of aliphatic hydroxyl groups is 1. The van der Waals surface area contributed by atoms with Crippen molar-refractivity contribution in [1.29, 1.82) is 0 Å². The van der Waals surface area contributed by atoms with Gasteiger partial charge < -0.3 is 10.4 Å². The number of unbranched alkanes of at least 4 members (excludes halogenated alkanes) is 1. The molecule has 0 saturated carbocycles. The van der Waals surface area contributed by atoms with Gasteiger partial charge in [0, 0.05) is 13.2 Å². The SMILES string of the molecule is NNc1ncc(Cl)c(NCCCCO)n1. The van der Waals surface area contributed by atoms with Gasteiger partial charge in [-0.1, -0.05) is 11.6 Å². The van der Waals surface area contributed by atoms with Gasteiger partial charge in [-0.25, -0.2) is 10.8 Å². The van der Waals surface area contributed by atoms with Crippen molar-refractivity contribution in [3.8, 4) is 0 Å². The molecule has 1 aromatic rings. The second-order valence-electron chi connectivity index (χ2n) is 2.89. The topological polar surface area (TPSA) is 96.1 Å². The Bertz CT molecular complexity index is 309. The van der Waals surface area contributed by atoms with Crippen LogP contribution < -0.4 is 16.6 Å². The number of halogens is 1. The molecule has 1 heterocycles. The van der Waals surface area contributed by atoms with E-state index in [1.807, 2.05) is 0 Å². The zero-order valence-electron chi connectivity index (χ0n) is 8.20. The number of nitrogen functional groups attached to an aromatic ring is 1. The molecule has 15 heavy (non-hydrogen) atoms. The molecule has 84 valence electrons. The predicted octanol–water partition coefficient (Wildman–Crippen LogP) is 0.600. The van der Waals surface area contributed by atoms with Crippen LogP contribution >= 0.6 is 11.6 Å². The highest BCUT2D eigenvalue weighted by Crippen LogP contribution is 2.18. The first-order chi connectivity index (χ1) is 7.27. The highest BCUT2D eigenvalue weighted by atomic mass is 35.5. The lowest BCUT2D eigenvalue weighted by Gasteiger charge is -2.07. The van der Waals surface area contributed by atoms with E-state index in [1.54, 1.807) is 0 Å². The van der Waals surface area contributed by atoms with Crippen LogP contribution in [-0.4, -0.2) is 28.2 Å². The first-order valence-corrected chi connectivity index (χ1v) is 4.99. The smallest absolute Gasteiger partial charge is 0.239 e. The monoisotopic (exact) mass is 231 g/mol. The van der Waals surface area contributed by atoms with Crippen LogP contribution in [0.1, 0.15) is 12.8 Å². The molecule has 0 bridgehead atoms. The van der Waals surface area contributed by atoms with Gasteiger partial charge in [-0.3, -0.25) is 5.43 Å². The van der Waals surface area contributed by atoms with Gasteiger partial charge in [0.05, 0.1) is 6.20 Å². The van der Waals surface area contributed by atoms with Crippen LogP contribution in [0.25, 0.3) is 0 Å². The number of aliphatic hydroxyl groups excluding tert-OH is 1. The molecule has 0 aliphatic carbocycles. The van der Waals surface area contributed by atoms with Gasteiger partial charge in [0.25, 0.3) is 0 Å². The van der Waals surface area contributed by atoms with E-state index < -0.39 is 0 Å². The Kier molecular flexibility index (Phi) is 5.09. The number of hydrogen-bond acceptors (Lipinski definition) is 6. The van der Waals surface area contributed by atoms with E-state index in [0.29, 0.717) is 23.3 Å². The Morgan fingerprint density at radius 3 is 2.93 bits per heavy atom. The summed E-state index contributed by atoms with van der Waals surface area (Å²) in [5.41, 5.74) is 2.34. The van der Waals surface area contributed by atoms with Gasteiger partial charge in [0.2, 0.25) is 5.95 Å². The van der Waals surface area contributed by atoms with Crippen LogP contribution in [0.5, 0.6) is 0 Å². The van der Waals surface area contributed by atoms with Crippen LogP contribution in [0.2, 0.25) is 5.02 Å². The Morgan fingerprint density at radius 1 is 1.47 bits per heavy atom. The van der Waals surface area contributed by atoms with Crippen LogP contribution in [0.15, 0.2) is 6.20 Å². The van der Waals surface area contributed by atoms with E-state index in [0.717, 1.165) is 12.8 Å². The summed E-state index contributed by atoms with van der Waals surface area (Å²) >= 11 is 5.86. The average molecular weight is 232 g/mol. The first-order valence-electron chi connectivity index (χ1n) is 4.62. The molecule has 0 unspecified atom stereocenters. The second kappa shape index (κ2) is 6.39. The van der Waals surface area contributed by atoms with Gasteiger partial charge in [0.1, 0.15) is 5.02 Å². The number of aromatic nitrogens is 2. The molecule has 0 aliphatic rings. The van der Waals surface area contributed by atoms with Gasteiger partial charge in [-0.2, -0.15) is 4.98 Å². The fourth-order valence-corrected chi connectivity index (χ4v) is 1.16. The maximum atomic E-state index is 8.59. The molecule has 7 heteroatoms. The summed E-state index contributed by atoms with van der Waals surface area (Å²) in [5.74, 6) is 6.01. The zero-order chi connectivity index (χ0) is 11.1. The highest BCUT2D eigenvalue weighted by Gasteiger charge is 2.03. The van der Waals surface area contributed by atoms with Crippen molar-refractivity contribution in [3.63, 3.8) is 0 Å². The summed E-state index contributed by atoms with van der Waals surface area (Å²) in [6.07, 6.45) is 3.07. The van der Waals surface area contributed by atoms with E-state index in [2.05, 4.69) is 20.7 Å². The molecule has 0 atom stereocenters. The third kappa shape index (κ3) is 3.86. The summed E-state index contributed by atoms with van der Waals surface area (Å²) in [5, 5.41) is 12.1. The number of hydrazine groups is 1. The molecule has 1 aromatic heterocycles. The molecule has 0 saturated heterocycles. The van der Waals surface area contributed by atoms with Crippen molar-refractivity contribution in [1.82, 2.24) is 9.97 Å². The van der Waals surface area contributed by atoms with E-state index in [-0.39, 0.29) is 6.61 Å². The number of rotatable bonds is 6. The molecule has 0 fully saturated rings. The highest BCUT2D eigenvalue weighted by molar-refractivity contribution is 6.32. The van der Waals surface area contributed by atoms with Gasteiger partial charge >= 0.3 is 0 Å². The minimum Gasteiger partial charge on any atom is -0.396 e. The average Bonchev–Trinajstić information content (AvgIpc) is 2.26. The molecular weight excluding hydrogens is 218 g/mol. The summed E-state index contributed by atoms with van der Waals surface area (Å²) in [4.78, 5) is 7.88. The molecule has 0 amide bonds. The third-order valence-electron chi connectivity index (χ3n) is 1.75. The lowest BCUT2D eigenvalue weighted by atomic mass is 10.3.